The third kappa shape index (κ3) is 5.16. The fourth-order valence-corrected chi connectivity index (χ4v) is 2.40. The summed E-state index contributed by atoms with van der Waals surface area (Å²) in [5.74, 6) is 0.613. The van der Waals surface area contributed by atoms with E-state index < -0.39 is 6.10 Å². The molecule has 1 amide bonds. The average Bonchev–Trinajstić information content (AvgIpc) is 2.54. The van der Waals surface area contributed by atoms with Crippen molar-refractivity contribution in [3.05, 3.63) is 28.8 Å². The van der Waals surface area contributed by atoms with Crippen LogP contribution in [0.25, 0.3) is 0 Å². The minimum atomic E-state index is -0.750. The van der Waals surface area contributed by atoms with Crippen molar-refractivity contribution in [2.45, 2.75) is 25.9 Å². The monoisotopic (exact) mass is 327 g/mol. The molecule has 5 nitrogen and oxygen atoms in total. The summed E-state index contributed by atoms with van der Waals surface area (Å²) in [6.45, 7) is 3.44. The maximum atomic E-state index is 11.9. The van der Waals surface area contributed by atoms with Gasteiger partial charge < -0.3 is 19.9 Å². The Morgan fingerprint density at radius 2 is 2.23 bits per heavy atom. The first kappa shape index (κ1) is 17.1. The summed E-state index contributed by atoms with van der Waals surface area (Å²) in [4.78, 5) is 11.9. The summed E-state index contributed by atoms with van der Waals surface area (Å²) in [7, 11) is 0. The van der Waals surface area contributed by atoms with E-state index in [1.807, 2.05) is 13.0 Å². The van der Waals surface area contributed by atoms with Crippen LogP contribution >= 0.6 is 11.6 Å². The Morgan fingerprint density at radius 1 is 1.50 bits per heavy atom. The van der Waals surface area contributed by atoms with Gasteiger partial charge in [0.05, 0.1) is 0 Å². The number of carbonyl (C=O) groups excluding carboxylic acids is 1. The molecule has 6 heteroatoms. The molecule has 2 rings (SSSR count). The molecule has 1 aromatic rings. The van der Waals surface area contributed by atoms with Gasteiger partial charge in [0.25, 0.3) is 0 Å². The third-order valence-electron chi connectivity index (χ3n) is 3.68. The average molecular weight is 328 g/mol. The minimum absolute atomic E-state index is 0.0132. The Hall–Kier alpha value is -1.30. The number of rotatable bonds is 6. The van der Waals surface area contributed by atoms with Crippen molar-refractivity contribution in [3.63, 3.8) is 0 Å². The van der Waals surface area contributed by atoms with Gasteiger partial charge in [-0.1, -0.05) is 11.6 Å². The highest BCUT2D eigenvalue weighted by atomic mass is 35.5. The zero-order chi connectivity index (χ0) is 15.9. The molecule has 0 aromatic heterocycles. The molecule has 22 heavy (non-hydrogen) atoms. The van der Waals surface area contributed by atoms with Crippen LogP contribution in [0, 0.1) is 12.8 Å². The van der Waals surface area contributed by atoms with E-state index in [0.717, 1.165) is 18.4 Å². The molecule has 0 aliphatic carbocycles. The summed E-state index contributed by atoms with van der Waals surface area (Å²) in [5, 5.41) is 13.3. The van der Waals surface area contributed by atoms with Crippen LogP contribution in [0.2, 0.25) is 5.02 Å². The van der Waals surface area contributed by atoms with Gasteiger partial charge in [-0.25, -0.2) is 0 Å². The minimum Gasteiger partial charge on any atom is -0.491 e. The van der Waals surface area contributed by atoms with Gasteiger partial charge in [0.15, 0.2) is 0 Å². The van der Waals surface area contributed by atoms with Gasteiger partial charge in [0.1, 0.15) is 18.5 Å². The molecule has 1 aliphatic rings. The van der Waals surface area contributed by atoms with Crippen LogP contribution < -0.4 is 10.1 Å². The summed E-state index contributed by atoms with van der Waals surface area (Å²) in [5.41, 5.74) is 0.918. The van der Waals surface area contributed by atoms with Gasteiger partial charge in [0.2, 0.25) is 5.91 Å². The highest BCUT2D eigenvalue weighted by Crippen LogP contribution is 2.21. The van der Waals surface area contributed by atoms with Gasteiger partial charge in [0, 0.05) is 30.7 Å². The second-order valence-corrected chi connectivity index (χ2v) is 5.91. The fourth-order valence-electron chi connectivity index (χ4n) is 2.28. The van der Waals surface area contributed by atoms with Crippen molar-refractivity contribution in [2.24, 2.45) is 5.92 Å². The van der Waals surface area contributed by atoms with Crippen LogP contribution in [0.5, 0.6) is 5.75 Å². The quantitative estimate of drug-likeness (QED) is 0.838. The smallest absolute Gasteiger partial charge is 0.223 e. The lowest BCUT2D eigenvalue weighted by Crippen LogP contribution is -2.40. The molecule has 0 saturated carbocycles. The number of ether oxygens (including phenoxy) is 2. The Bertz CT molecular complexity index is 503. The molecule has 122 valence electrons. The molecular formula is C16H22ClNO4. The predicted octanol–water partition coefficient (Wildman–Crippen LogP) is 1.93. The molecule has 1 aliphatic heterocycles. The number of halogens is 1. The molecule has 1 atom stereocenters. The standard InChI is InChI=1S/C16H22ClNO4/c1-11-8-14(2-3-15(11)17)22-10-13(19)9-18-16(20)12-4-6-21-7-5-12/h2-3,8,12-13,19H,4-7,9-10H2,1H3,(H,18,20)/t13-/m1/s1. The van der Waals surface area contributed by atoms with Crippen molar-refractivity contribution >= 4 is 17.5 Å². The van der Waals surface area contributed by atoms with Gasteiger partial charge in [-0.3, -0.25) is 4.79 Å². The van der Waals surface area contributed by atoms with Gasteiger partial charge >= 0.3 is 0 Å². The Kier molecular flexibility index (Phi) is 6.49. The number of nitrogens with one attached hydrogen (secondary N) is 1. The molecular weight excluding hydrogens is 306 g/mol. The van der Waals surface area contributed by atoms with Gasteiger partial charge in [-0.15, -0.1) is 0 Å². The summed E-state index contributed by atoms with van der Waals surface area (Å²) in [6.07, 6.45) is 0.727. The first-order chi connectivity index (χ1) is 10.6. The number of aryl methyl sites for hydroxylation is 1. The third-order valence-corrected chi connectivity index (χ3v) is 4.10. The number of hydrogen-bond donors (Lipinski definition) is 2. The van der Waals surface area contributed by atoms with Crippen LogP contribution in [0.1, 0.15) is 18.4 Å². The number of aliphatic hydroxyl groups excluding tert-OH is 1. The maximum absolute atomic E-state index is 11.9. The van der Waals surface area contributed by atoms with Crippen LogP contribution in [0.3, 0.4) is 0 Å². The van der Waals surface area contributed by atoms with E-state index >= 15 is 0 Å². The number of carbonyl (C=O) groups is 1. The van der Waals surface area contributed by atoms with Crippen molar-refractivity contribution in [2.75, 3.05) is 26.4 Å². The summed E-state index contributed by atoms with van der Waals surface area (Å²) < 4.78 is 10.7. The molecule has 1 saturated heterocycles. The maximum Gasteiger partial charge on any atom is 0.223 e. The molecule has 0 spiro atoms. The zero-order valence-corrected chi connectivity index (χ0v) is 13.4. The number of aliphatic hydroxyl groups is 1. The van der Waals surface area contributed by atoms with Crippen molar-refractivity contribution < 1.29 is 19.4 Å². The molecule has 1 aromatic carbocycles. The van der Waals surface area contributed by atoms with E-state index in [9.17, 15) is 9.90 Å². The summed E-state index contributed by atoms with van der Waals surface area (Å²) >= 11 is 5.94. The molecule has 2 N–H and O–H groups in total. The van der Waals surface area contributed by atoms with E-state index in [2.05, 4.69) is 5.32 Å². The Balaban J connectivity index is 1.69. The largest absolute Gasteiger partial charge is 0.491 e. The highest BCUT2D eigenvalue weighted by molar-refractivity contribution is 6.31. The molecule has 1 heterocycles. The number of amides is 1. The van der Waals surface area contributed by atoms with Crippen molar-refractivity contribution in [1.29, 1.82) is 0 Å². The van der Waals surface area contributed by atoms with E-state index in [0.29, 0.717) is 24.0 Å². The van der Waals surface area contributed by atoms with E-state index in [1.54, 1.807) is 12.1 Å². The predicted molar refractivity (Wildman–Crippen MR) is 84.2 cm³/mol. The molecule has 0 unspecified atom stereocenters. The Morgan fingerprint density at radius 3 is 2.91 bits per heavy atom. The lowest BCUT2D eigenvalue weighted by Gasteiger charge is -2.22. The van der Waals surface area contributed by atoms with E-state index in [-0.39, 0.29) is 25.0 Å². The zero-order valence-electron chi connectivity index (χ0n) is 12.7. The molecule has 1 fully saturated rings. The van der Waals surface area contributed by atoms with E-state index in [1.165, 1.54) is 0 Å². The first-order valence-corrected chi connectivity index (χ1v) is 7.86. The summed E-state index contributed by atoms with van der Waals surface area (Å²) in [6, 6.07) is 5.32. The lowest BCUT2D eigenvalue weighted by atomic mass is 9.99. The first-order valence-electron chi connectivity index (χ1n) is 7.48. The highest BCUT2D eigenvalue weighted by Gasteiger charge is 2.21. The lowest BCUT2D eigenvalue weighted by molar-refractivity contribution is -0.128. The van der Waals surface area contributed by atoms with Crippen LogP contribution in [-0.2, 0) is 9.53 Å². The molecule has 0 bridgehead atoms. The second kappa shape index (κ2) is 8.36. The Labute approximate surface area is 135 Å². The fraction of sp³-hybridized carbons (Fsp3) is 0.562. The van der Waals surface area contributed by atoms with Crippen LogP contribution in [0.15, 0.2) is 18.2 Å². The van der Waals surface area contributed by atoms with Gasteiger partial charge in [-0.2, -0.15) is 0 Å². The topological polar surface area (TPSA) is 67.8 Å². The normalized spacial score (nSPS) is 17.0. The van der Waals surface area contributed by atoms with Crippen LogP contribution in [0.4, 0.5) is 0 Å². The number of benzene rings is 1. The van der Waals surface area contributed by atoms with Crippen molar-refractivity contribution in [3.8, 4) is 5.75 Å². The SMILES string of the molecule is Cc1cc(OC[C@H](O)CNC(=O)C2CCOCC2)ccc1Cl. The van der Waals surface area contributed by atoms with E-state index in [4.69, 9.17) is 21.1 Å². The van der Waals surface area contributed by atoms with Crippen molar-refractivity contribution in [1.82, 2.24) is 5.32 Å². The van der Waals surface area contributed by atoms with Gasteiger partial charge in [-0.05, 0) is 43.5 Å². The number of hydrogen-bond acceptors (Lipinski definition) is 4. The molecule has 0 radical (unpaired) electrons. The second-order valence-electron chi connectivity index (χ2n) is 5.51. The van der Waals surface area contributed by atoms with Crippen LogP contribution in [-0.4, -0.2) is 43.5 Å².